The van der Waals surface area contributed by atoms with Crippen molar-refractivity contribution in [2.75, 3.05) is 5.32 Å². The third kappa shape index (κ3) is 4.50. The van der Waals surface area contributed by atoms with Gasteiger partial charge in [0.25, 0.3) is 0 Å². The molecule has 0 aliphatic carbocycles. The minimum absolute atomic E-state index is 0.102. The fourth-order valence-corrected chi connectivity index (χ4v) is 4.64. The molecule has 0 spiro atoms. The summed E-state index contributed by atoms with van der Waals surface area (Å²) in [6.07, 6.45) is 6.88. The zero-order chi connectivity index (χ0) is 21.0. The molecule has 0 aliphatic heterocycles. The molecule has 0 aliphatic rings. The molecule has 4 rings (SSSR count). The highest BCUT2D eigenvalue weighted by molar-refractivity contribution is 7.91. The second kappa shape index (κ2) is 8.64. The third-order valence-corrected chi connectivity index (χ3v) is 6.82. The molecular formula is C22H19N3O3S2. The topological polar surface area (TPSA) is 85.1 Å². The van der Waals surface area contributed by atoms with Crippen LogP contribution in [0.25, 0.3) is 12.2 Å². The summed E-state index contributed by atoms with van der Waals surface area (Å²) in [5.41, 5.74) is 1.87. The molecule has 3 aromatic heterocycles. The normalized spacial score (nSPS) is 11.8. The fraction of sp³-hybridized carbons (Fsp3) is 0.0909. The van der Waals surface area contributed by atoms with Gasteiger partial charge < -0.3 is 9.73 Å². The van der Waals surface area contributed by atoms with E-state index in [1.165, 1.54) is 0 Å². The summed E-state index contributed by atoms with van der Waals surface area (Å²) in [7, 11) is -3.86. The Kier molecular flexibility index (Phi) is 5.78. The zero-order valence-electron chi connectivity index (χ0n) is 16.1. The van der Waals surface area contributed by atoms with Crippen molar-refractivity contribution in [2.24, 2.45) is 0 Å². The summed E-state index contributed by atoms with van der Waals surface area (Å²) in [4.78, 5) is 9.53. The Labute approximate surface area is 178 Å². The molecule has 0 amide bonds. The number of hydrogen-bond donors (Lipinski definition) is 1. The van der Waals surface area contributed by atoms with Gasteiger partial charge in [-0.1, -0.05) is 29.8 Å². The van der Waals surface area contributed by atoms with Gasteiger partial charge in [0.15, 0.2) is 0 Å². The Balaban J connectivity index is 1.69. The van der Waals surface area contributed by atoms with E-state index >= 15 is 0 Å². The van der Waals surface area contributed by atoms with Crippen LogP contribution >= 0.6 is 11.3 Å². The maximum atomic E-state index is 13.2. The number of hydrogen-bond acceptors (Lipinski definition) is 7. The van der Waals surface area contributed by atoms with Gasteiger partial charge in [0.2, 0.25) is 26.6 Å². The standard InChI is InChI=1S/C22H19N3O3S2/c1-16-6-9-19(10-7-16)30(26,27)22-21(24-15-17-4-2-12-23-14-17)28-20(25-22)11-8-18-5-3-13-29-18/h2-14,24H,15H2,1H3. The van der Waals surface area contributed by atoms with E-state index < -0.39 is 9.84 Å². The minimum atomic E-state index is -3.86. The third-order valence-electron chi connectivity index (χ3n) is 4.31. The van der Waals surface area contributed by atoms with Crippen LogP contribution in [0.4, 0.5) is 5.88 Å². The van der Waals surface area contributed by atoms with Crippen LogP contribution in [-0.2, 0) is 16.4 Å². The lowest BCUT2D eigenvalue weighted by Crippen LogP contribution is -2.07. The zero-order valence-corrected chi connectivity index (χ0v) is 17.8. The van der Waals surface area contributed by atoms with Crippen LogP contribution in [0.5, 0.6) is 0 Å². The Morgan fingerprint density at radius 1 is 1.10 bits per heavy atom. The summed E-state index contributed by atoms with van der Waals surface area (Å²) < 4.78 is 32.2. The van der Waals surface area contributed by atoms with Gasteiger partial charge in [0, 0.05) is 29.9 Å². The van der Waals surface area contributed by atoms with E-state index in [2.05, 4.69) is 15.3 Å². The van der Waals surface area contributed by atoms with Crippen molar-refractivity contribution in [3.8, 4) is 0 Å². The molecule has 4 aromatic rings. The average Bonchev–Trinajstić information content (AvgIpc) is 3.42. The van der Waals surface area contributed by atoms with Gasteiger partial charge >= 0.3 is 0 Å². The molecule has 0 bridgehead atoms. The molecule has 6 nitrogen and oxygen atoms in total. The highest BCUT2D eigenvalue weighted by Gasteiger charge is 2.27. The van der Waals surface area contributed by atoms with Crippen LogP contribution < -0.4 is 5.32 Å². The van der Waals surface area contributed by atoms with Crippen LogP contribution in [0.15, 0.2) is 80.6 Å². The van der Waals surface area contributed by atoms with E-state index in [0.717, 1.165) is 16.0 Å². The summed E-state index contributed by atoms with van der Waals surface area (Å²) in [6.45, 7) is 2.26. The lowest BCUT2D eigenvalue weighted by molar-refractivity contribution is 0.554. The van der Waals surface area contributed by atoms with Crippen molar-refractivity contribution in [1.29, 1.82) is 0 Å². The number of aromatic nitrogens is 2. The number of anilines is 1. The number of oxazole rings is 1. The van der Waals surface area contributed by atoms with Crippen molar-refractivity contribution in [3.05, 3.63) is 88.2 Å². The molecule has 0 atom stereocenters. The van der Waals surface area contributed by atoms with Gasteiger partial charge in [-0.15, -0.1) is 11.3 Å². The fourth-order valence-electron chi connectivity index (χ4n) is 2.74. The number of nitrogens with one attached hydrogen (secondary N) is 1. The van der Waals surface area contributed by atoms with Crippen LogP contribution in [0.2, 0.25) is 0 Å². The predicted molar refractivity (Wildman–Crippen MR) is 118 cm³/mol. The van der Waals surface area contributed by atoms with Gasteiger partial charge in [0.1, 0.15) is 0 Å². The van der Waals surface area contributed by atoms with Crippen molar-refractivity contribution in [1.82, 2.24) is 9.97 Å². The lowest BCUT2D eigenvalue weighted by atomic mass is 10.2. The first kappa shape index (κ1) is 20.1. The van der Waals surface area contributed by atoms with Gasteiger partial charge in [-0.05, 0) is 48.2 Å². The number of pyridine rings is 1. The number of benzene rings is 1. The van der Waals surface area contributed by atoms with Crippen LogP contribution in [0, 0.1) is 6.92 Å². The first-order chi connectivity index (χ1) is 14.5. The number of sulfone groups is 1. The molecule has 1 N–H and O–H groups in total. The molecular weight excluding hydrogens is 418 g/mol. The molecule has 1 aromatic carbocycles. The highest BCUT2D eigenvalue weighted by atomic mass is 32.2. The summed E-state index contributed by atoms with van der Waals surface area (Å²) in [6, 6.07) is 14.3. The molecule has 0 radical (unpaired) electrons. The summed E-state index contributed by atoms with van der Waals surface area (Å²) in [5.74, 6) is 0.313. The Hall–Kier alpha value is -3.23. The monoisotopic (exact) mass is 437 g/mol. The smallest absolute Gasteiger partial charge is 0.234 e. The van der Waals surface area contributed by atoms with Gasteiger partial charge in [-0.2, -0.15) is 4.98 Å². The van der Waals surface area contributed by atoms with E-state index in [0.29, 0.717) is 6.54 Å². The molecule has 0 fully saturated rings. The first-order valence-electron chi connectivity index (χ1n) is 9.19. The highest BCUT2D eigenvalue weighted by Crippen LogP contribution is 2.29. The van der Waals surface area contributed by atoms with E-state index in [-0.39, 0.29) is 21.7 Å². The number of rotatable bonds is 7. The quantitative estimate of drug-likeness (QED) is 0.435. The Bertz CT molecular complexity index is 1240. The summed E-state index contributed by atoms with van der Waals surface area (Å²) >= 11 is 1.57. The van der Waals surface area contributed by atoms with Crippen molar-refractivity contribution >= 4 is 39.2 Å². The Morgan fingerprint density at radius 2 is 1.93 bits per heavy atom. The molecule has 0 saturated carbocycles. The molecule has 0 unspecified atom stereocenters. The molecule has 30 heavy (non-hydrogen) atoms. The second-order valence-corrected chi connectivity index (χ2v) is 9.41. The van der Waals surface area contributed by atoms with Crippen molar-refractivity contribution in [3.63, 3.8) is 0 Å². The first-order valence-corrected chi connectivity index (χ1v) is 11.6. The average molecular weight is 438 g/mol. The minimum Gasteiger partial charge on any atom is -0.420 e. The van der Waals surface area contributed by atoms with Crippen LogP contribution in [-0.4, -0.2) is 18.4 Å². The molecule has 3 heterocycles. The van der Waals surface area contributed by atoms with Crippen LogP contribution in [0.3, 0.4) is 0 Å². The van der Waals surface area contributed by atoms with E-state index in [9.17, 15) is 8.42 Å². The SMILES string of the molecule is Cc1ccc(S(=O)(=O)c2nc(C=Cc3cccs3)oc2NCc2cccnc2)cc1. The maximum Gasteiger partial charge on any atom is 0.234 e. The van der Waals surface area contributed by atoms with E-state index in [1.54, 1.807) is 54.1 Å². The predicted octanol–water partition coefficient (Wildman–Crippen LogP) is 5.05. The van der Waals surface area contributed by atoms with Crippen LogP contribution in [0.1, 0.15) is 21.9 Å². The second-order valence-electron chi connectivity index (χ2n) is 6.57. The van der Waals surface area contributed by atoms with Crippen molar-refractivity contribution in [2.45, 2.75) is 23.4 Å². The molecule has 0 saturated heterocycles. The molecule has 152 valence electrons. The lowest BCUT2D eigenvalue weighted by Gasteiger charge is -2.06. The van der Waals surface area contributed by atoms with Gasteiger partial charge in [0.05, 0.1) is 4.90 Å². The Morgan fingerprint density at radius 3 is 2.63 bits per heavy atom. The van der Waals surface area contributed by atoms with Gasteiger partial charge in [-0.3, -0.25) is 4.98 Å². The number of nitrogens with zero attached hydrogens (tertiary/aromatic N) is 2. The number of thiophene rings is 1. The number of aryl methyl sites for hydroxylation is 1. The molecule has 8 heteroatoms. The largest absolute Gasteiger partial charge is 0.420 e. The maximum absolute atomic E-state index is 13.2. The van der Waals surface area contributed by atoms with Gasteiger partial charge in [-0.25, -0.2) is 8.42 Å². The van der Waals surface area contributed by atoms with Crippen molar-refractivity contribution < 1.29 is 12.8 Å². The van der Waals surface area contributed by atoms with E-state index in [4.69, 9.17) is 4.42 Å². The summed E-state index contributed by atoms with van der Waals surface area (Å²) in [5, 5.41) is 4.87. The van der Waals surface area contributed by atoms with E-state index in [1.807, 2.05) is 42.6 Å².